The van der Waals surface area contributed by atoms with Crippen molar-refractivity contribution in [3.05, 3.63) is 47.8 Å². The molecule has 1 aliphatic rings. The fourth-order valence-electron chi connectivity index (χ4n) is 3.41. The molecule has 0 radical (unpaired) electrons. The molecule has 1 aromatic carbocycles. The highest BCUT2D eigenvalue weighted by Gasteiger charge is 2.15. The normalized spacial score (nSPS) is 16.4. The van der Waals surface area contributed by atoms with Crippen molar-refractivity contribution < 1.29 is 9.84 Å². The lowest BCUT2D eigenvalue weighted by molar-refractivity contribution is 0.0617. The second kappa shape index (κ2) is 10.4. The molecule has 148 valence electrons. The molecule has 0 amide bonds. The molecule has 1 unspecified atom stereocenters. The van der Waals surface area contributed by atoms with Crippen LogP contribution in [-0.4, -0.2) is 52.1 Å². The molecule has 1 aliphatic heterocycles. The predicted octanol–water partition coefficient (Wildman–Crippen LogP) is 2.42. The van der Waals surface area contributed by atoms with Crippen LogP contribution in [0, 0.1) is 0 Å². The van der Waals surface area contributed by atoms with Crippen molar-refractivity contribution >= 4 is 0 Å². The number of piperidine rings is 1. The number of β-amino-alcohol motifs (C(OH)–C–C–N with tert-alkyl or cyclic N) is 1. The van der Waals surface area contributed by atoms with E-state index >= 15 is 0 Å². The molecule has 0 aliphatic carbocycles. The Morgan fingerprint density at radius 2 is 1.85 bits per heavy atom. The molecule has 1 aromatic heterocycles. The average molecular weight is 373 g/mol. The van der Waals surface area contributed by atoms with E-state index in [9.17, 15) is 5.11 Å². The Morgan fingerprint density at radius 3 is 2.56 bits per heavy atom. The van der Waals surface area contributed by atoms with Gasteiger partial charge in [-0.2, -0.15) is 5.10 Å². The molecule has 2 aromatic rings. The fourth-order valence-corrected chi connectivity index (χ4v) is 3.41. The largest absolute Gasteiger partial charge is 0.491 e. The Bertz CT molecular complexity index is 665. The fraction of sp³-hybridized carbons (Fsp3) is 0.571. The molecule has 1 fully saturated rings. The minimum absolute atomic E-state index is 0.343. The van der Waals surface area contributed by atoms with E-state index in [-0.39, 0.29) is 0 Å². The highest BCUT2D eigenvalue weighted by molar-refractivity contribution is 5.27. The summed E-state index contributed by atoms with van der Waals surface area (Å²) >= 11 is 0. The maximum absolute atomic E-state index is 10.2. The van der Waals surface area contributed by atoms with Gasteiger partial charge in [0.1, 0.15) is 18.5 Å². The Hall–Kier alpha value is -1.89. The topological polar surface area (TPSA) is 62.6 Å². The van der Waals surface area contributed by atoms with Crippen molar-refractivity contribution in [3.8, 4) is 5.75 Å². The molecule has 6 heteroatoms. The smallest absolute Gasteiger partial charge is 0.119 e. The molecular formula is C21H32N4O2. The number of ether oxygens (including phenoxy) is 1. The summed E-state index contributed by atoms with van der Waals surface area (Å²) in [5, 5.41) is 17.9. The summed E-state index contributed by atoms with van der Waals surface area (Å²) in [5.41, 5.74) is 2.40. The van der Waals surface area contributed by atoms with Crippen LogP contribution < -0.4 is 10.1 Å². The molecule has 1 saturated heterocycles. The third-order valence-corrected chi connectivity index (χ3v) is 4.95. The van der Waals surface area contributed by atoms with E-state index in [1.54, 1.807) is 0 Å². The highest BCUT2D eigenvalue weighted by atomic mass is 16.5. The van der Waals surface area contributed by atoms with Gasteiger partial charge in [-0.15, -0.1) is 0 Å². The Morgan fingerprint density at radius 1 is 1.11 bits per heavy atom. The summed E-state index contributed by atoms with van der Waals surface area (Å²) in [4.78, 5) is 2.33. The molecule has 6 nitrogen and oxygen atoms in total. The van der Waals surface area contributed by atoms with Crippen LogP contribution in [0.2, 0.25) is 0 Å². The summed E-state index contributed by atoms with van der Waals surface area (Å²) in [7, 11) is 0. The van der Waals surface area contributed by atoms with E-state index in [2.05, 4.69) is 40.6 Å². The van der Waals surface area contributed by atoms with Gasteiger partial charge in [-0.3, -0.25) is 4.68 Å². The first kappa shape index (κ1) is 19.9. The minimum Gasteiger partial charge on any atom is -0.491 e. The third kappa shape index (κ3) is 6.65. The number of rotatable bonds is 10. The van der Waals surface area contributed by atoms with Crippen LogP contribution in [-0.2, 0) is 19.6 Å². The van der Waals surface area contributed by atoms with Crippen LogP contribution in [0.25, 0.3) is 0 Å². The lowest BCUT2D eigenvalue weighted by Gasteiger charge is -2.28. The molecule has 2 N–H and O–H groups in total. The first-order chi connectivity index (χ1) is 13.2. The van der Waals surface area contributed by atoms with Crippen LogP contribution in [0.15, 0.2) is 36.7 Å². The van der Waals surface area contributed by atoms with Gasteiger partial charge in [-0.1, -0.05) is 18.6 Å². The first-order valence-electron chi connectivity index (χ1n) is 10.1. The van der Waals surface area contributed by atoms with Gasteiger partial charge in [0.25, 0.3) is 0 Å². The number of nitrogens with one attached hydrogen (secondary N) is 1. The van der Waals surface area contributed by atoms with E-state index in [1.165, 1.54) is 30.4 Å². The molecule has 3 rings (SSSR count). The molecule has 0 saturated carbocycles. The highest BCUT2D eigenvalue weighted by Crippen LogP contribution is 2.14. The van der Waals surface area contributed by atoms with Gasteiger partial charge < -0.3 is 20.1 Å². The zero-order valence-corrected chi connectivity index (χ0v) is 16.3. The predicted molar refractivity (Wildman–Crippen MR) is 107 cm³/mol. The summed E-state index contributed by atoms with van der Waals surface area (Å²) in [5.74, 6) is 0.806. The number of benzene rings is 1. The van der Waals surface area contributed by atoms with Gasteiger partial charge >= 0.3 is 0 Å². The van der Waals surface area contributed by atoms with Gasteiger partial charge in [0.05, 0.1) is 6.20 Å². The number of aliphatic hydroxyl groups is 1. The lowest BCUT2D eigenvalue weighted by Crippen LogP contribution is -2.38. The van der Waals surface area contributed by atoms with Crippen LogP contribution in [0.5, 0.6) is 5.75 Å². The second-order valence-corrected chi connectivity index (χ2v) is 7.28. The molecule has 0 spiro atoms. The van der Waals surface area contributed by atoms with Gasteiger partial charge in [0, 0.05) is 37.9 Å². The summed E-state index contributed by atoms with van der Waals surface area (Å²) in [6, 6.07) is 8.07. The second-order valence-electron chi connectivity index (χ2n) is 7.28. The molecule has 0 bridgehead atoms. The van der Waals surface area contributed by atoms with E-state index in [1.807, 2.05) is 23.0 Å². The lowest BCUT2D eigenvalue weighted by atomic mass is 10.1. The number of hydrogen-bond donors (Lipinski definition) is 2. The number of aryl methyl sites for hydroxylation is 1. The van der Waals surface area contributed by atoms with Gasteiger partial charge in [0.2, 0.25) is 0 Å². The standard InChI is InChI=1S/C21H32N4O2/c1-2-25-15-19(14-23-25)13-22-12-18-6-8-21(9-7-18)27-17-20(26)16-24-10-4-3-5-11-24/h6-9,14-15,20,22,26H,2-5,10-13,16-17H2,1H3. The van der Waals surface area contributed by atoms with Gasteiger partial charge in [-0.05, 0) is 50.6 Å². The molecule has 1 atom stereocenters. The van der Waals surface area contributed by atoms with Gasteiger partial charge in [-0.25, -0.2) is 0 Å². The number of nitrogens with zero attached hydrogens (tertiary/aromatic N) is 3. The number of likely N-dealkylation sites (tertiary alicyclic amines) is 1. The zero-order chi connectivity index (χ0) is 18.9. The van der Waals surface area contributed by atoms with Crippen LogP contribution >= 0.6 is 0 Å². The van der Waals surface area contributed by atoms with Gasteiger partial charge in [0.15, 0.2) is 0 Å². The molecule has 2 heterocycles. The van der Waals surface area contributed by atoms with Crippen molar-refractivity contribution in [1.82, 2.24) is 20.0 Å². The van der Waals surface area contributed by atoms with Crippen molar-refractivity contribution in [2.24, 2.45) is 0 Å². The Labute approximate surface area is 162 Å². The Kier molecular flexibility index (Phi) is 7.68. The van der Waals surface area contributed by atoms with Crippen LogP contribution in [0.1, 0.15) is 37.3 Å². The van der Waals surface area contributed by atoms with Crippen LogP contribution in [0.4, 0.5) is 0 Å². The van der Waals surface area contributed by atoms with E-state index in [4.69, 9.17) is 4.74 Å². The third-order valence-electron chi connectivity index (χ3n) is 4.95. The van der Waals surface area contributed by atoms with Crippen molar-refractivity contribution in [2.45, 2.75) is 51.9 Å². The summed E-state index contributed by atoms with van der Waals surface area (Å²) in [6.07, 6.45) is 7.33. The maximum Gasteiger partial charge on any atom is 0.119 e. The monoisotopic (exact) mass is 372 g/mol. The quantitative estimate of drug-likeness (QED) is 0.671. The summed E-state index contributed by atoms with van der Waals surface area (Å²) < 4.78 is 7.68. The summed E-state index contributed by atoms with van der Waals surface area (Å²) in [6.45, 7) is 7.83. The molecule has 27 heavy (non-hydrogen) atoms. The van der Waals surface area contributed by atoms with E-state index in [0.717, 1.165) is 38.5 Å². The zero-order valence-electron chi connectivity index (χ0n) is 16.3. The van der Waals surface area contributed by atoms with Crippen molar-refractivity contribution in [3.63, 3.8) is 0 Å². The SMILES string of the molecule is CCn1cc(CNCc2ccc(OCC(O)CN3CCCCC3)cc2)cn1. The maximum atomic E-state index is 10.2. The average Bonchev–Trinajstić information content (AvgIpc) is 3.16. The Balaban J connectivity index is 1.35. The number of aliphatic hydroxyl groups excluding tert-OH is 1. The van der Waals surface area contributed by atoms with E-state index in [0.29, 0.717) is 13.2 Å². The van der Waals surface area contributed by atoms with Crippen molar-refractivity contribution in [2.75, 3.05) is 26.2 Å². The first-order valence-corrected chi connectivity index (χ1v) is 10.1. The van der Waals surface area contributed by atoms with Crippen molar-refractivity contribution in [1.29, 1.82) is 0 Å². The van der Waals surface area contributed by atoms with E-state index < -0.39 is 6.10 Å². The molecular weight excluding hydrogens is 340 g/mol. The number of hydrogen-bond acceptors (Lipinski definition) is 5. The number of aromatic nitrogens is 2. The van der Waals surface area contributed by atoms with Crippen LogP contribution in [0.3, 0.4) is 0 Å². The minimum atomic E-state index is -0.437.